The zero-order valence-electron chi connectivity index (χ0n) is 14.5. The van der Waals surface area contributed by atoms with Crippen molar-refractivity contribution in [3.8, 4) is 0 Å². The molecule has 0 aromatic heterocycles. The molecule has 26 heavy (non-hydrogen) atoms. The number of amides is 2. The van der Waals surface area contributed by atoms with Crippen LogP contribution in [0.5, 0.6) is 0 Å². The number of carbonyl (C=O) groups excluding carboxylic acids is 2. The second kappa shape index (κ2) is 6.44. The fourth-order valence-corrected chi connectivity index (χ4v) is 3.66. The Balaban J connectivity index is 1.45. The van der Waals surface area contributed by atoms with E-state index in [2.05, 4.69) is 10.6 Å². The summed E-state index contributed by atoms with van der Waals surface area (Å²) in [6.07, 6.45) is 1.08. The van der Waals surface area contributed by atoms with E-state index < -0.39 is 0 Å². The molecule has 2 aliphatic rings. The van der Waals surface area contributed by atoms with Gasteiger partial charge >= 0.3 is 0 Å². The van der Waals surface area contributed by atoms with Gasteiger partial charge in [-0.2, -0.15) is 0 Å². The van der Waals surface area contributed by atoms with Crippen molar-refractivity contribution in [2.75, 3.05) is 17.2 Å². The minimum Gasteiger partial charge on any atom is -0.374 e. The van der Waals surface area contributed by atoms with Crippen LogP contribution in [-0.2, 0) is 16.0 Å². The molecule has 0 aliphatic carbocycles. The Bertz CT molecular complexity index is 866. The average Bonchev–Trinajstić information content (AvgIpc) is 3.17. The average molecular weight is 353 g/mol. The Morgan fingerprint density at radius 1 is 1.19 bits per heavy atom. The van der Waals surface area contributed by atoms with Gasteiger partial charge in [0.15, 0.2) is 0 Å². The predicted molar refractivity (Wildman–Crippen MR) is 97.3 cm³/mol. The van der Waals surface area contributed by atoms with Gasteiger partial charge in [-0.05, 0) is 54.8 Å². The molecule has 2 N–H and O–H groups in total. The van der Waals surface area contributed by atoms with Gasteiger partial charge in [-0.3, -0.25) is 9.59 Å². The second-order valence-corrected chi connectivity index (χ2v) is 6.84. The molecular weight excluding hydrogens is 333 g/mol. The van der Waals surface area contributed by atoms with E-state index in [1.165, 1.54) is 12.1 Å². The van der Waals surface area contributed by atoms with Crippen LogP contribution < -0.4 is 10.6 Å². The van der Waals surface area contributed by atoms with Crippen molar-refractivity contribution in [2.24, 2.45) is 0 Å². The number of benzene rings is 2. The zero-order valence-corrected chi connectivity index (χ0v) is 14.5. The molecule has 2 atom stereocenters. The molecule has 2 heterocycles. The van der Waals surface area contributed by atoms with Crippen molar-refractivity contribution in [2.45, 2.75) is 31.8 Å². The van der Waals surface area contributed by atoms with Crippen LogP contribution >= 0.6 is 0 Å². The van der Waals surface area contributed by atoms with Crippen LogP contribution in [0.25, 0.3) is 0 Å². The van der Waals surface area contributed by atoms with Gasteiger partial charge < -0.3 is 15.5 Å². The summed E-state index contributed by atoms with van der Waals surface area (Å²) in [5.74, 6) is -0.247. The molecule has 0 spiro atoms. The molecule has 2 aromatic rings. The summed E-state index contributed by atoms with van der Waals surface area (Å²) in [6, 6.07) is 11.6. The fourth-order valence-electron chi connectivity index (χ4n) is 3.66. The molecule has 5 nitrogen and oxygen atoms in total. The standard InChI is InChI=1S/C20H20FN3O2/c1-12(13-2-4-15(21)5-3-13)24-9-8-18(20(24)26)22-16-6-7-17-14(10-16)11-19(25)23-17/h2-7,10,12,18,22H,8-9,11H2,1H3,(H,23,25). The lowest BCUT2D eigenvalue weighted by Gasteiger charge is -2.25. The highest BCUT2D eigenvalue weighted by atomic mass is 19.1. The first-order valence-corrected chi connectivity index (χ1v) is 8.76. The van der Waals surface area contributed by atoms with Gasteiger partial charge in [0.25, 0.3) is 0 Å². The summed E-state index contributed by atoms with van der Waals surface area (Å²) in [5, 5.41) is 6.09. The van der Waals surface area contributed by atoms with Crippen LogP contribution in [0, 0.1) is 5.82 Å². The van der Waals surface area contributed by atoms with E-state index in [0.717, 1.165) is 22.5 Å². The number of rotatable bonds is 4. The minimum atomic E-state index is -0.291. The normalized spacial score (nSPS) is 20.1. The quantitative estimate of drug-likeness (QED) is 0.888. The lowest BCUT2D eigenvalue weighted by Crippen LogP contribution is -2.35. The molecule has 1 saturated heterocycles. The van der Waals surface area contributed by atoms with Crippen molar-refractivity contribution in [3.63, 3.8) is 0 Å². The number of hydrogen-bond acceptors (Lipinski definition) is 3. The number of carbonyl (C=O) groups is 2. The van der Waals surface area contributed by atoms with Crippen LogP contribution in [-0.4, -0.2) is 29.3 Å². The lowest BCUT2D eigenvalue weighted by molar-refractivity contribution is -0.130. The van der Waals surface area contributed by atoms with Crippen LogP contribution in [0.2, 0.25) is 0 Å². The fraction of sp³-hybridized carbons (Fsp3) is 0.300. The molecule has 6 heteroatoms. The van der Waals surface area contributed by atoms with E-state index in [9.17, 15) is 14.0 Å². The Morgan fingerprint density at radius 3 is 2.73 bits per heavy atom. The van der Waals surface area contributed by atoms with E-state index in [4.69, 9.17) is 0 Å². The van der Waals surface area contributed by atoms with Crippen molar-refractivity contribution < 1.29 is 14.0 Å². The predicted octanol–water partition coefficient (Wildman–Crippen LogP) is 3.09. The van der Waals surface area contributed by atoms with Crippen LogP contribution in [0.4, 0.5) is 15.8 Å². The molecule has 2 aliphatic heterocycles. The zero-order chi connectivity index (χ0) is 18.3. The monoisotopic (exact) mass is 353 g/mol. The maximum Gasteiger partial charge on any atom is 0.245 e. The first-order valence-electron chi connectivity index (χ1n) is 8.76. The maximum absolute atomic E-state index is 13.1. The molecule has 0 radical (unpaired) electrons. The van der Waals surface area contributed by atoms with Crippen molar-refractivity contribution in [1.29, 1.82) is 0 Å². The highest BCUT2D eigenvalue weighted by Gasteiger charge is 2.35. The highest BCUT2D eigenvalue weighted by Crippen LogP contribution is 2.30. The Labute approximate surface area is 151 Å². The first kappa shape index (κ1) is 16.6. The third kappa shape index (κ3) is 3.03. The first-order chi connectivity index (χ1) is 12.5. The van der Waals surface area contributed by atoms with E-state index >= 15 is 0 Å². The van der Waals surface area contributed by atoms with E-state index in [0.29, 0.717) is 19.4 Å². The molecule has 2 aromatic carbocycles. The summed E-state index contributed by atoms with van der Waals surface area (Å²) in [5.41, 5.74) is 3.55. The van der Waals surface area contributed by atoms with Crippen molar-refractivity contribution in [3.05, 3.63) is 59.4 Å². The molecule has 4 rings (SSSR count). The van der Waals surface area contributed by atoms with E-state index in [-0.39, 0.29) is 29.7 Å². The maximum atomic E-state index is 13.1. The van der Waals surface area contributed by atoms with E-state index in [1.807, 2.05) is 30.0 Å². The minimum absolute atomic E-state index is 0.00612. The summed E-state index contributed by atoms with van der Waals surface area (Å²) >= 11 is 0. The molecular formula is C20H20FN3O2. The number of fused-ring (bicyclic) bond motifs is 1. The third-order valence-corrected chi connectivity index (χ3v) is 5.13. The van der Waals surface area contributed by atoms with Gasteiger partial charge in [-0.25, -0.2) is 4.39 Å². The van der Waals surface area contributed by atoms with Gasteiger partial charge in [0.2, 0.25) is 11.8 Å². The summed E-state index contributed by atoms with van der Waals surface area (Å²) in [4.78, 5) is 26.1. The lowest BCUT2D eigenvalue weighted by atomic mass is 10.1. The SMILES string of the molecule is CC(c1ccc(F)cc1)N1CCC(Nc2ccc3c(c2)CC(=O)N3)C1=O. The number of anilines is 2. The van der Waals surface area contributed by atoms with Crippen LogP contribution in [0.3, 0.4) is 0 Å². The third-order valence-electron chi connectivity index (χ3n) is 5.13. The number of hydrogen-bond donors (Lipinski definition) is 2. The number of halogens is 1. The Hall–Kier alpha value is -2.89. The van der Waals surface area contributed by atoms with Gasteiger partial charge in [0.05, 0.1) is 12.5 Å². The van der Waals surface area contributed by atoms with Crippen LogP contribution in [0.1, 0.15) is 30.5 Å². The van der Waals surface area contributed by atoms with Gasteiger partial charge in [-0.1, -0.05) is 12.1 Å². The molecule has 2 amide bonds. The van der Waals surface area contributed by atoms with Gasteiger partial charge in [0, 0.05) is 17.9 Å². The summed E-state index contributed by atoms with van der Waals surface area (Å²) in [6.45, 7) is 2.61. The van der Waals surface area contributed by atoms with Gasteiger partial charge in [-0.15, -0.1) is 0 Å². The molecule has 0 bridgehead atoms. The van der Waals surface area contributed by atoms with Gasteiger partial charge in [0.1, 0.15) is 11.9 Å². The largest absolute Gasteiger partial charge is 0.374 e. The highest BCUT2D eigenvalue weighted by molar-refractivity contribution is 5.99. The smallest absolute Gasteiger partial charge is 0.245 e. The number of likely N-dealkylation sites (tertiary alicyclic amines) is 1. The van der Waals surface area contributed by atoms with Crippen molar-refractivity contribution >= 4 is 23.2 Å². The summed E-state index contributed by atoms with van der Waals surface area (Å²) < 4.78 is 13.1. The van der Waals surface area contributed by atoms with E-state index in [1.54, 1.807) is 12.1 Å². The molecule has 1 fully saturated rings. The number of nitrogens with one attached hydrogen (secondary N) is 2. The van der Waals surface area contributed by atoms with Crippen LogP contribution in [0.15, 0.2) is 42.5 Å². The molecule has 0 saturated carbocycles. The molecule has 2 unspecified atom stereocenters. The topological polar surface area (TPSA) is 61.4 Å². The Morgan fingerprint density at radius 2 is 1.96 bits per heavy atom. The molecule has 134 valence electrons. The second-order valence-electron chi connectivity index (χ2n) is 6.84. The Kier molecular flexibility index (Phi) is 4.11. The number of nitrogens with zero attached hydrogens (tertiary/aromatic N) is 1. The van der Waals surface area contributed by atoms with Crippen molar-refractivity contribution in [1.82, 2.24) is 4.90 Å². The summed E-state index contributed by atoms with van der Waals surface area (Å²) in [7, 11) is 0.